The van der Waals surface area contributed by atoms with E-state index < -0.39 is 9.05 Å². The summed E-state index contributed by atoms with van der Waals surface area (Å²) in [6, 6.07) is 0. The summed E-state index contributed by atoms with van der Waals surface area (Å²) in [4.78, 5) is 2.34. The molecule has 1 saturated heterocycles. The molecule has 0 spiro atoms. The van der Waals surface area contributed by atoms with E-state index in [1.807, 2.05) is 0 Å². The third-order valence-corrected chi connectivity index (χ3v) is 4.39. The zero-order valence-electron chi connectivity index (χ0n) is 9.28. The van der Waals surface area contributed by atoms with Gasteiger partial charge in [0.1, 0.15) is 0 Å². The zero-order valence-corrected chi connectivity index (χ0v) is 10.9. The van der Waals surface area contributed by atoms with E-state index in [0.29, 0.717) is 6.42 Å². The molecule has 0 aromatic carbocycles. The summed E-state index contributed by atoms with van der Waals surface area (Å²) in [6.07, 6.45) is 4.43. The lowest BCUT2D eigenvalue weighted by Gasteiger charge is -2.31. The Morgan fingerprint density at radius 2 is 1.93 bits per heavy atom. The summed E-state index contributed by atoms with van der Waals surface area (Å²) in [6.45, 7) is 5.32. The van der Waals surface area contributed by atoms with Gasteiger partial charge in [0.25, 0.3) is 0 Å². The normalized spacial score (nSPS) is 20.7. The molecule has 5 heteroatoms. The highest BCUT2D eigenvalue weighted by atomic mass is 35.7. The highest BCUT2D eigenvalue weighted by Gasteiger charge is 2.17. The third kappa shape index (κ3) is 5.73. The molecule has 0 unspecified atom stereocenters. The summed E-state index contributed by atoms with van der Waals surface area (Å²) >= 11 is 0. The van der Waals surface area contributed by atoms with E-state index in [4.69, 9.17) is 10.7 Å². The Balaban J connectivity index is 2.14. The maximum absolute atomic E-state index is 10.7. The largest absolute Gasteiger partial charge is 0.303 e. The molecule has 90 valence electrons. The number of likely N-dealkylation sites (tertiary alicyclic amines) is 1. The summed E-state index contributed by atoms with van der Waals surface area (Å²) in [5, 5.41) is 0. The van der Waals surface area contributed by atoms with Crippen molar-refractivity contribution in [3.63, 3.8) is 0 Å². The Hall–Kier alpha value is 0.200. The SMILES string of the molecule is CCC1CCN(CCCS(=O)(=O)Cl)CC1. The molecular formula is C10H20ClNO2S. The Kier molecular flexibility index (Phi) is 5.36. The van der Waals surface area contributed by atoms with Gasteiger partial charge in [-0.15, -0.1) is 0 Å². The van der Waals surface area contributed by atoms with Gasteiger partial charge < -0.3 is 4.90 Å². The van der Waals surface area contributed by atoms with Crippen LogP contribution in [0.1, 0.15) is 32.6 Å². The van der Waals surface area contributed by atoms with Crippen LogP contribution in [0.5, 0.6) is 0 Å². The van der Waals surface area contributed by atoms with Crippen molar-refractivity contribution in [2.75, 3.05) is 25.4 Å². The van der Waals surface area contributed by atoms with Crippen LogP contribution in [0.4, 0.5) is 0 Å². The van der Waals surface area contributed by atoms with Gasteiger partial charge in [0.15, 0.2) is 0 Å². The molecule has 1 rings (SSSR count). The Labute approximate surface area is 97.2 Å². The minimum atomic E-state index is -3.29. The van der Waals surface area contributed by atoms with Crippen molar-refractivity contribution >= 4 is 19.7 Å². The van der Waals surface area contributed by atoms with Crippen LogP contribution in [-0.2, 0) is 9.05 Å². The number of hydrogen-bond acceptors (Lipinski definition) is 3. The first-order chi connectivity index (χ1) is 7.01. The van der Waals surface area contributed by atoms with Crippen molar-refractivity contribution in [2.45, 2.75) is 32.6 Å². The molecule has 0 atom stereocenters. The van der Waals surface area contributed by atoms with Crippen molar-refractivity contribution in [3.05, 3.63) is 0 Å². The van der Waals surface area contributed by atoms with E-state index in [2.05, 4.69) is 11.8 Å². The van der Waals surface area contributed by atoms with E-state index in [-0.39, 0.29) is 5.75 Å². The summed E-state index contributed by atoms with van der Waals surface area (Å²) in [5.74, 6) is 0.973. The van der Waals surface area contributed by atoms with Gasteiger partial charge in [0, 0.05) is 10.7 Å². The second-order valence-electron chi connectivity index (χ2n) is 4.29. The second-order valence-corrected chi connectivity index (χ2v) is 7.19. The topological polar surface area (TPSA) is 37.4 Å². The second kappa shape index (κ2) is 6.06. The average molecular weight is 254 g/mol. The van der Waals surface area contributed by atoms with Crippen LogP contribution in [0, 0.1) is 5.92 Å². The molecule has 0 radical (unpaired) electrons. The molecule has 0 aromatic heterocycles. The van der Waals surface area contributed by atoms with Crippen molar-refractivity contribution < 1.29 is 8.42 Å². The minimum absolute atomic E-state index is 0.0995. The third-order valence-electron chi connectivity index (χ3n) is 3.15. The van der Waals surface area contributed by atoms with E-state index in [9.17, 15) is 8.42 Å². The van der Waals surface area contributed by atoms with Gasteiger partial charge >= 0.3 is 0 Å². The molecule has 1 aliphatic rings. The monoisotopic (exact) mass is 253 g/mol. The van der Waals surface area contributed by atoms with E-state index in [0.717, 1.165) is 25.6 Å². The molecule has 0 saturated carbocycles. The van der Waals surface area contributed by atoms with Gasteiger partial charge in [0.2, 0.25) is 9.05 Å². The highest BCUT2D eigenvalue weighted by molar-refractivity contribution is 8.13. The Bertz CT molecular complexity index is 271. The van der Waals surface area contributed by atoms with Gasteiger partial charge in [0.05, 0.1) is 5.75 Å². The van der Waals surface area contributed by atoms with Crippen LogP contribution in [0.3, 0.4) is 0 Å². The van der Waals surface area contributed by atoms with E-state index >= 15 is 0 Å². The number of piperidine rings is 1. The van der Waals surface area contributed by atoms with E-state index in [1.54, 1.807) is 0 Å². The predicted octanol–water partition coefficient (Wildman–Crippen LogP) is 2.07. The van der Waals surface area contributed by atoms with Gasteiger partial charge in [-0.2, -0.15) is 0 Å². The van der Waals surface area contributed by atoms with Gasteiger partial charge in [-0.1, -0.05) is 13.3 Å². The van der Waals surface area contributed by atoms with Crippen LogP contribution in [-0.4, -0.2) is 38.7 Å². The molecule has 0 aliphatic carbocycles. The lowest BCUT2D eigenvalue weighted by molar-refractivity contribution is 0.182. The van der Waals surface area contributed by atoms with Crippen LogP contribution < -0.4 is 0 Å². The average Bonchev–Trinajstić information content (AvgIpc) is 2.17. The number of rotatable bonds is 5. The molecule has 0 amide bonds. The zero-order chi connectivity index (χ0) is 11.3. The van der Waals surface area contributed by atoms with Gasteiger partial charge in [-0.3, -0.25) is 0 Å². The first-order valence-electron chi connectivity index (χ1n) is 5.66. The first kappa shape index (κ1) is 13.3. The number of halogens is 1. The lowest BCUT2D eigenvalue weighted by atomic mass is 9.94. The molecule has 0 N–H and O–H groups in total. The van der Waals surface area contributed by atoms with Gasteiger partial charge in [-0.05, 0) is 44.8 Å². The minimum Gasteiger partial charge on any atom is -0.303 e. The number of nitrogens with zero attached hydrogens (tertiary/aromatic N) is 1. The molecule has 1 fully saturated rings. The predicted molar refractivity (Wildman–Crippen MR) is 63.7 cm³/mol. The van der Waals surface area contributed by atoms with Crippen molar-refractivity contribution in [3.8, 4) is 0 Å². The van der Waals surface area contributed by atoms with Crippen molar-refractivity contribution in [1.82, 2.24) is 4.90 Å². The smallest absolute Gasteiger partial charge is 0.232 e. The summed E-state index contributed by atoms with van der Waals surface area (Å²) < 4.78 is 21.4. The van der Waals surface area contributed by atoms with Crippen LogP contribution in [0.2, 0.25) is 0 Å². The first-order valence-corrected chi connectivity index (χ1v) is 8.14. The van der Waals surface area contributed by atoms with Crippen LogP contribution in [0.25, 0.3) is 0 Å². The molecule has 15 heavy (non-hydrogen) atoms. The fraction of sp³-hybridized carbons (Fsp3) is 1.00. The van der Waals surface area contributed by atoms with E-state index in [1.165, 1.54) is 19.3 Å². The fourth-order valence-corrected chi connectivity index (χ4v) is 2.88. The van der Waals surface area contributed by atoms with Crippen molar-refractivity contribution in [1.29, 1.82) is 0 Å². The van der Waals surface area contributed by atoms with Crippen LogP contribution >= 0.6 is 10.7 Å². The Morgan fingerprint density at radius 3 is 2.40 bits per heavy atom. The summed E-state index contributed by atoms with van der Waals surface area (Å²) in [5.41, 5.74) is 0. The molecule has 3 nitrogen and oxygen atoms in total. The molecule has 0 bridgehead atoms. The lowest BCUT2D eigenvalue weighted by Crippen LogP contribution is -2.34. The quantitative estimate of drug-likeness (QED) is 0.704. The molecule has 1 aliphatic heterocycles. The van der Waals surface area contributed by atoms with Gasteiger partial charge in [-0.25, -0.2) is 8.42 Å². The maximum Gasteiger partial charge on any atom is 0.232 e. The highest BCUT2D eigenvalue weighted by Crippen LogP contribution is 2.19. The van der Waals surface area contributed by atoms with Crippen molar-refractivity contribution in [2.24, 2.45) is 5.92 Å². The summed E-state index contributed by atoms with van der Waals surface area (Å²) in [7, 11) is 1.86. The number of hydrogen-bond donors (Lipinski definition) is 0. The maximum atomic E-state index is 10.7. The Morgan fingerprint density at radius 1 is 1.33 bits per heavy atom. The molecule has 0 aromatic rings. The fourth-order valence-electron chi connectivity index (χ4n) is 2.08. The molecular weight excluding hydrogens is 234 g/mol. The molecule has 1 heterocycles. The van der Waals surface area contributed by atoms with Crippen LogP contribution in [0.15, 0.2) is 0 Å². The standard InChI is InChI=1S/C10H20ClNO2S/c1-2-10-4-7-12(8-5-10)6-3-9-15(11,13)14/h10H,2-9H2,1H3.